The highest BCUT2D eigenvalue weighted by molar-refractivity contribution is 6.30. The van der Waals surface area contributed by atoms with Crippen molar-refractivity contribution in [3.05, 3.63) is 28.8 Å². The first-order valence-electron chi connectivity index (χ1n) is 6.64. The van der Waals surface area contributed by atoms with Gasteiger partial charge in [-0.25, -0.2) is 0 Å². The maximum atomic E-state index is 9.10. The molecule has 1 unspecified atom stereocenters. The Morgan fingerprint density at radius 2 is 1.90 bits per heavy atom. The number of aliphatic hydroxyl groups is 1. The number of halogens is 3. The standard InChI is InChI=1S/C14H23ClN2O2.2ClH/c1-3-19-14-5-4-13(15)8-12(14)10-17-7-6-16-9-11(2)18;;/h4-5,8,11,16-18H,3,6-7,9-10H2,1-2H3;2*1H. The molecule has 0 aliphatic rings. The molecule has 0 bridgehead atoms. The summed E-state index contributed by atoms with van der Waals surface area (Å²) in [7, 11) is 0. The van der Waals surface area contributed by atoms with Gasteiger partial charge in [0.1, 0.15) is 5.75 Å². The number of benzene rings is 1. The van der Waals surface area contributed by atoms with E-state index in [4.69, 9.17) is 21.4 Å². The highest BCUT2D eigenvalue weighted by atomic mass is 35.5. The minimum absolute atomic E-state index is 0. The Kier molecular flexibility index (Phi) is 14.7. The molecule has 4 nitrogen and oxygen atoms in total. The summed E-state index contributed by atoms with van der Waals surface area (Å²) >= 11 is 5.99. The monoisotopic (exact) mass is 358 g/mol. The number of hydrogen-bond donors (Lipinski definition) is 3. The predicted octanol–water partition coefficient (Wildman–Crippen LogP) is 2.64. The van der Waals surface area contributed by atoms with E-state index < -0.39 is 0 Å². The van der Waals surface area contributed by atoms with Crippen LogP contribution in [-0.4, -0.2) is 37.5 Å². The number of ether oxygens (including phenoxy) is 1. The van der Waals surface area contributed by atoms with Gasteiger partial charge in [0.25, 0.3) is 0 Å². The van der Waals surface area contributed by atoms with Crippen molar-refractivity contribution in [2.45, 2.75) is 26.5 Å². The highest BCUT2D eigenvalue weighted by Crippen LogP contribution is 2.22. The van der Waals surface area contributed by atoms with Crippen LogP contribution in [0.4, 0.5) is 0 Å². The summed E-state index contributed by atoms with van der Waals surface area (Å²) in [6.45, 7) is 7.34. The molecule has 1 rings (SSSR count). The molecule has 0 aromatic heterocycles. The third kappa shape index (κ3) is 10.2. The van der Waals surface area contributed by atoms with Crippen LogP contribution >= 0.6 is 36.4 Å². The zero-order chi connectivity index (χ0) is 14.1. The fourth-order valence-corrected chi connectivity index (χ4v) is 1.89. The van der Waals surface area contributed by atoms with E-state index in [-0.39, 0.29) is 30.9 Å². The fourth-order valence-electron chi connectivity index (χ4n) is 1.69. The van der Waals surface area contributed by atoms with Crippen LogP contribution in [0.3, 0.4) is 0 Å². The van der Waals surface area contributed by atoms with E-state index in [1.54, 1.807) is 6.92 Å². The first-order valence-corrected chi connectivity index (χ1v) is 7.02. The average molecular weight is 360 g/mol. The Labute approximate surface area is 144 Å². The smallest absolute Gasteiger partial charge is 0.123 e. The molecule has 0 spiro atoms. The number of rotatable bonds is 9. The van der Waals surface area contributed by atoms with Crippen molar-refractivity contribution in [3.63, 3.8) is 0 Å². The van der Waals surface area contributed by atoms with Gasteiger partial charge in [0.2, 0.25) is 0 Å². The summed E-state index contributed by atoms with van der Waals surface area (Å²) in [5.74, 6) is 0.872. The van der Waals surface area contributed by atoms with Crippen molar-refractivity contribution in [1.29, 1.82) is 0 Å². The van der Waals surface area contributed by atoms with Crippen LogP contribution in [0.1, 0.15) is 19.4 Å². The lowest BCUT2D eigenvalue weighted by Gasteiger charge is -2.12. The van der Waals surface area contributed by atoms with Crippen LogP contribution in [-0.2, 0) is 6.54 Å². The molecule has 3 N–H and O–H groups in total. The van der Waals surface area contributed by atoms with Gasteiger partial charge in [0.05, 0.1) is 12.7 Å². The van der Waals surface area contributed by atoms with Gasteiger partial charge < -0.3 is 20.5 Å². The predicted molar refractivity (Wildman–Crippen MR) is 93.4 cm³/mol. The van der Waals surface area contributed by atoms with E-state index in [0.717, 1.165) is 24.4 Å². The maximum Gasteiger partial charge on any atom is 0.123 e. The normalized spacial score (nSPS) is 11.2. The van der Waals surface area contributed by atoms with Crippen molar-refractivity contribution in [1.82, 2.24) is 10.6 Å². The van der Waals surface area contributed by atoms with Gasteiger partial charge in [0, 0.05) is 36.8 Å². The molecule has 0 saturated carbocycles. The van der Waals surface area contributed by atoms with Crippen LogP contribution in [0, 0.1) is 0 Å². The minimum Gasteiger partial charge on any atom is -0.494 e. The summed E-state index contributed by atoms with van der Waals surface area (Å²) in [6, 6.07) is 5.65. The molecule has 21 heavy (non-hydrogen) atoms. The van der Waals surface area contributed by atoms with E-state index in [2.05, 4.69) is 10.6 Å². The van der Waals surface area contributed by atoms with Crippen LogP contribution < -0.4 is 15.4 Å². The molecule has 1 aromatic rings. The topological polar surface area (TPSA) is 53.5 Å². The first kappa shape index (κ1) is 23.0. The lowest BCUT2D eigenvalue weighted by atomic mass is 10.2. The van der Waals surface area contributed by atoms with Crippen LogP contribution in [0.25, 0.3) is 0 Å². The molecular formula is C14H25Cl3N2O2. The zero-order valence-corrected chi connectivity index (χ0v) is 14.8. The molecule has 0 radical (unpaired) electrons. The fraction of sp³-hybridized carbons (Fsp3) is 0.571. The Balaban J connectivity index is 0. The Bertz CT molecular complexity index is 379. The quantitative estimate of drug-likeness (QED) is 0.593. The molecule has 124 valence electrons. The third-order valence-corrected chi connectivity index (χ3v) is 2.79. The van der Waals surface area contributed by atoms with Gasteiger partial charge in [-0.05, 0) is 32.0 Å². The maximum absolute atomic E-state index is 9.10. The van der Waals surface area contributed by atoms with Crippen molar-refractivity contribution in [2.75, 3.05) is 26.2 Å². The van der Waals surface area contributed by atoms with Gasteiger partial charge in [0.15, 0.2) is 0 Å². The van der Waals surface area contributed by atoms with Crippen molar-refractivity contribution < 1.29 is 9.84 Å². The van der Waals surface area contributed by atoms with Crippen molar-refractivity contribution in [3.8, 4) is 5.75 Å². The molecular weight excluding hydrogens is 335 g/mol. The summed E-state index contributed by atoms with van der Waals surface area (Å²) in [5, 5.41) is 16.3. The molecule has 0 aliphatic carbocycles. The van der Waals surface area contributed by atoms with E-state index in [9.17, 15) is 0 Å². The highest BCUT2D eigenvalue weighted by Gasteiger charge is 2.04. The minimum atomic E-state index is -0.308. The first-order chi connectivity index (χ1) is 9.13. The Morgan fingerprint density at radius 3 is 2.52 bits per heavy atom. The van der Waals surface area contributed by atoms with Crippen molar-refractivity contribution >= 4 is 36.4 Å². The molecule has 0 fully saturated rings. The third-order valence-electron chi connectivity index (χ3n) is 2.56. The Hall–Kier alpha value is -0.230. The zero-order valence-electron chi connectivity index (χ0n) is 12.4. The molecule has 7 heteroatoms. The van der Waals surface area contributed by atoms with Gasteiger partial charge in [-0.3, -0.25) is 0 Å². The van der Waals surface area contributed by atoms with Gasteiger partial charge >= 0.3 is 0 Å². The van der Waals surface area contributed by atoms with E-state index in [1.807, 2.05) is 25.1 Å². The summed E-state index contributed by atoms with van der Waals surface area (Å²) in [5.41, 5.74) is 1.06. The second kappa shape index (κ2) is 13.4. The van der Waals surface area contributed by atoms with Crippen LogP contribution in [0.2, 0.25) is 5.02 Å². The second-order valence-corrected chi connectivity index (χ2v) is 4.85. The molecule has 0 saturated heterocycles. The SMILES string of the molecule is CCOc1ccc(Cl)cc1CNCCNCC(C)O.Cl.Cl. The molecule has 0 amide bonds. The van der Waals surface area contributed by atoms with Gasteiger partial charge in [-0.15, -0.1) is 24.8 Å². The second-order valence-electron chi connectivity index (χ2n) is 4.41. The largest absolute Gasteiger partial charge is 0.494 e. The molecule has 0 heterocycles. The summed E-state index contributed by atoms with van der Waals surface area (Å²) < 4.78 is 5.55. The van der Waals surface area contributed by atoms with Crippen LogP contribution in [0.15, 0.2) is 18.2 Å². The number of aliphatic hydroxyl groups excluding tert-OH is 1. The lowest BCUT2D eigenvalue weighted by molar-refractivity contribution is 0.191. The van der Waals surface area contributed by atoms with Crippen molar-refractivity contribution in [2.24, 2.45) is 0 Å². The summed E-state index contributed by atoms with van der Waals surface area (Å²) in [4.78, 5) is 0. The Morgan fingerprint density at radius 1 is 1.24 bits per heavy atom. The average Bonchev–Trinajstić information content (AvgIpc) is 2.36. The van der Waals surface area contributed by atoms with Crippen LogP contribution in [0.5, 0.6) is 5.75 Å². The lowest BCUT2D eigenvalue weighted by Crippen LogP contribution is -2.31. The van der Waals surface area contributed by atoms with E-state index >= 15 is 0 Å². The number of hydrogen-bond acceptors (Lipinski definition) is 4. The number of nitrogens with one attached hydrogen (secondary N) is 2. The van der Waals surface area contributed by atoms with E-state index in [1.165, 1.54) is 0 Å². The summed E-state index contributed by atoms with van der Waals surface area (Å²) in [6.07, 6.45) is -0.308. The van der Waals surface area contributed by atoms with Gasteiger partial charge in [-0.1, -0.05) is 11.6 Å². The molecule has 1 aromatic carbocycles. The van der Waals surface area contributed by atoms with Gasteiger partial charge in [-0.2, -0.15) is 0 Å². The van der Waals surface area contributed by atoms with E-state index in [0.29, 0.717) is 24.7 Å². The molecule has 0 aliphatic heterocycles. The molecule has 1 atom stereocenters.